The van der Waals surface area contributed by atoms with Gasteiger partial charge in [0.05, 0.1) is 17.6 Å². The van der Waals surface area contributed by atoms with Gasteiger partial charge < -0.3 is 14.4 Å². The maximum Gasteiger partial charge on any atom is 0.307 e. The summed E-state index contributed by atoms with van der Waals surface area (Å²) in [5, 5.41) is 22.6. The van der Waals surface area contributed by atoms with Gasteiger partial charge in [0.2, 0.25) is 5.82 Å². The molecule has 30 heavy (non-hydrogen) atoms. The summed E-state index contributed by atoms with van der Waals surface area (Å²) in [4.78, 5) is 15.6. The molecule has 0 amide bonds. The molecule has 3 aromatic rings. The highest BCUT2D eigenvalue weighted by Gasteiger charge is 2.44. The summed E-state index contributed by atoms with van der Waals surface area (Å²) < 4.78 is 11.1. The van der Waals surface area contributed by atoms with E-state index in [0.717, 1.165) is 16.7 Å². The van der Waals surface area contributed by atoms with E-state index in [9.17, 15) is 10.1 Å². The minimum atomic E-state index is -0.744. The first-order valence-corrected chi connectivity index (χ1v) is 9.76. The van der Waals surface area contributed by atoms with Crippen molar-refractivity contribution in [3.05, 3.63) is 53.1 Å². The number of aliphatic carboxylic acids is 1. The lowest BCUT2D eigenvalue weighted by Crippen LogP contribution is -2.06. The molecule has 1 aromatic heterocycles. The minimum absolute atomic E-state index is 0.0367. The van der Waals surface area contributed by atoms with Crippen molar-refractivity contribution in [2.24, 2.45) is 5.92 Å². The highest BCUT2D eigenvalue weighted by atomic mass is 16.5. The lowest BCUT2D eigenvalue weighted by Gasteiger charge is -2.11. The Hall–Kier alpha value is -3.66. The van der Waals surface area contributed by atoms with E-state index >= 15 is 0 Å². The first-order valence-electron chi connectivity index (χ1n) is 9.76. The largest absolute Gasteiger partial charge is 0.490 e. The van der Waals surface area contributed by atoms with Crippen LogP contribution in [0, 0.1) is 24.2 Å². The highest BCUT2D eigenvalue weighted by Crippen LogP contribution is 2.48. The molecule has 4 rings (SSSR count). The van der Waals surface area contributed by atoms with E-state index in [1.165, 1.54) is 0 Å². The van der Waals surface area contributed by atoms with Gasteiger partial charge in [-0.3, -0.25) is 4.79 Å². The molecule has 0 radical (unpaired) electrons. The average molecular weight is 403 g/mol. The smallest absolute Gasteiger partial charge is 0.307 e. The molecule has 0 unspecified atom stereocenters. The van der Waals surface area contributed by atoms with Crippen LogP contribution in [0.1, 0.15) is 42.9 Å². The van der Waals surface area contributed by atoms with Gasteiger partial charge in [0, 0.05) is 11.1 Å². The van der Waals surface area contributed by atoms with Crippen LogP contribution in [0.2, 0.25) is 0 Å². The summed E-state index contributed by atoms with van der Waals surface area (Å²) in [7, 11) is 0. The number of carbonyl (C=O) groups is 1. The predicted octanol–water partition coefficient (Wildman–Crippen LogP) is 4.56. The standard InChI is InChI=1S/C23H21N3O4/c1-12(2)29-20-7-5-15(9-16(20)11-24)22-25-21(26-30-22)17-6-4-14(8-13(17)3)18-10-19(18)23(27)28/h4-9,12,18-19H,10H2,1-3H3,(H,27,28)/t18-,19+/m0/s1. The number of carboxylic acids is 1. The lowest BCUT2D eigenvalue weighted by molar-refractivity contribution is -0.138. The zero-order valence-electron chi connectivity index (χ0n) is 16.9. The molecule has 1 aliphatic carbocycles. The van der Waals surface area contributed by atoms with Gasteiger partial charge in [-0.05, 0) is 62.4 Å². The Balaban J connectivity index is 1.59. The fourth-order valence-corrected chi connectivity index (χ4v) is 3.56. The van der Waals surface area contributed by atoms with Crippen molar-refractivity contribution in [2.45, 2.75) is 39.2 Å². The van der Waals surface area contributed by atoms with E-state index in [-0.39, 0.29) is 17.9 Å². The Labute approximate surface area is 173 Å². The SMILES string of the molecule is Cc1cc([C@@H]2C[C@H]2C(=O)O)ccc1-c1noc(-c2ccc(OC(C)C)c(C#N)c2)n1. The van der Waals surface area contributed by atoms with Crippen LogP contribution >= 0.6 is 0 Å². The predicted molar refractivity (Wildman–Crippen MR) is 109 cm³/mol. The second kappa shape index (κ2) is 7.64. The van der Waals surface area contributed by atoms with E-state index in [0.29, 0.717) is 35.0 Å². The van der Waals surface area contributed by atoms with Crippen molar-refractivity contribution in [1.82, 2.24) is 10.1 Å². The molecule has 7 nitrogen and oxygen atoms in total. The third kappa shape index (κ3) is 3.77. The third-order valence-electron chi connectivity index (χ3n) is 5.16. The maximum atomic E-state index is 11.1. The number of aromatic nitrogens is 2. The molecule has 2 atom stereocenters. The molecule has 1 aliphatic rings. The average Bonchev–Trinajstić information content (AvgIpc) is 3.38. The Kier molecular flexibility index (Phi) is 5.00. The molecule has 0 spiro atoms. The van der Waals surface area contributed by atoms with Crippen molar-refractivity contribution < 1.29 is 19.2 Å². The number of hydrogen-bond acceptors (Lipinski definition) is 6. The summed E-state index contributed by atoms with van der Waals surface area (Å²) >= 11 is 0. The van der Waals surface area contributed by atoms with Gasteiger partial charge in [0.15, 0.2) is 0 Å². The van der Waals surface area contributed by atoms with Crippen molar-refractivity contribution >= 4 is 5.97 Å². The molecular formula is C23H21N3O4. The van der Waals surface area contributed by atoms with Gasteiger partial charge in [-0.2, -0.15) is 10.2 Å². The molecule has 1 N–H and O–H groups in total. The number of ether oxygens (including phenoxy) is 1. The Morgan fingerprint density at radius 3 is 2.73 bits per heavy atom. The summed E-state index contributed by atoms with van der Waals surface area (Å²) in [5.41, 5.74) is 3.83. The van der Waals surface area contributed by atoms with Crippen LogP contribution in [-0.2, 0) is 4.79 Å². The topological polar surface area (TPSA) is 109 Å². The van der Waals surface area contributed by atoms with Crippen molar-refractivity contribution in [2.75, 3.05) is 0 Å². The van der Waals surface area contributed by atoms with Crippen molar-refractivity contribution in [3.8, 4) is 34.7 Å². The van der Waals surface area contributed by atoms with Crippen molar-refractivity contribution in [1.29, 1.82) is 5.26 Å². The number of rotatable bonds is 6. The van der Waals surface area contributed by atoms with Gasteiger partial charge in [-0.25, -0.2) is 0 Å². The maximum absolute atomic E-state index is 11.1. The van der Waals surface area contributed by atoms with Crippen LogP contribution in [0.15, 0.2) is 40.9 Å². The van der Waals surface area contributed by atoms with E-state index in [2.05, 4.69) is 16.2 Å². The molecule has 7 heteroatoms. The number of benzene rings is 2. The number of carboxylic acid groups (broad SMARTS) is 1. The van der Waals surface area contributed by atoms with Gasteiger partial charge in [0.1, 0.15) is 11.8 Å². The van der Waals surface area contributed by atoms with E-state index in [1.54, 1.807) is 18.2 Å². The number of nitrogens with zero attached hydrogens (tertiary/aromatic N) is 3. The van der Waals surface area contributed by atoms with Gasteiger partial charge in [-0.15, -0.1) is 0 Å². The first-order chi connectivity index (χ1) is 14.4. The van der Waals surface area contributed by atoms with Crippen LogP contribution in [-0.4, -0.2) is 27.3 Å². The van der Waals surface area contributed by atoms with Crippen LogP contribution in [0.4, 0.5) is 0 Å². The quantitative estimate of drug-likeness (QED) is 0.642. The molecule has 2 aromatic carbocycles. The molecule has 1 saturated carbocycles. The number of aryl methyl sites for hydroxylation is 1. The Morgan fingerprint density at radius 2 is 2.10 bits per heavy atom. The van der Waals surface area contributed by atoms with Gasteiger partial charge in [0.25, 0.3) is 5.89 Å². The van der Waals surface area contributed by atoms with Gasteiger partial charge >= 0.3 is 5.97 Å². The third-order valence-corrected chi connectivity index (χ3v) is 5.16. The highest BCUT2D eigenvalue weighted by molar-refractivity contribution is 5.75. The number of nitriles is 1. The molecular weight excluding hydrogens is 382 g/mol. The van der Waals surface area contributed by atoms with Gasteiger partial charge in [-0.1, -0.05) is 23.4 Å². The summed E-state index contributed by atoms with van der Waals surface area (Å²) in [6, 6.07) is 13.1. The minimum Gasteiger partial charge on any atom is -0.490 e. The van der Waals surface area contributed by atoms with Crippen LogP contribution in [0.25, 0.3) is 22.8 Å². The summed E-state index contributed by atoms with van der Waals surface area (Å²) in [6.45, 7) is 5.74. The molecule has 1 fully saturated rings. The molecule has 152 valence electrons. The van der Waals surface area contributed by atoms with E-state index in [1.807, 2.05) is 39.0 Å². The van der Waals surface area contributed by atoms with Crippen LogP contribution in [0.3, 0.4) is 0 Å². The summed E-state index contributed by atoms with van der Waals surface area (Å²) in [5.74, 6) is 0.319. The summed E-state index contributed by atoms with van der Waals surface area (Å²) in [6.07, 6.45) is 0.642. The Bertz CT molecular complexity index is 1160. The zero-order valence-corrected chi connectivity index (χ0v) is 16.9. The first kappa shape index (κ1) is 19.6. The monoisotopic (exact) mass is 403 g/mol. The molecule has 0 bridgehead atoms. The van der Waals surface area contributed by atoms with Crippen LogP contribution < -0.4 is 4.74 Å². The van der Waals surface area contributed by atoms with Crippen LogP contribution in [0.5, 0.6) is 5.75 Å². The number of hydrogen-bond donors (Lipinski definition) is 1. The zero-order chi connectivity index (χ0) is 21.4. The van der Waals surface area contributed by atoms with E-state index in [4.69, 9.17) is 14.4 Å². The fourth-order valence-electron chi connectivity index (χ4n) is 3.56. The molecule has 0 saturated heterocycles. The normalized spacial score (nSPS) is 17.6. The second-order valence-corrected chi connectivity index (χ2v) is 7.77. The molecule has 1 heterocycles. The lowest BCUT2D eigenvalue weighted by atomic mass is 10.0. The Morgan fingerprint density at radius 1 is 1.30 bits per heavy atom. The second-order valence-electron chi connectivity index (χ2n) is 7.77. The molecule has 0 aliphatic heterocycles. The van der Waals surface area contributed by atoms with Crippen molar-refractivity contribution in [3.63, 3.8) is 0 Å². The fraction of sp³-hybridized carbons (Fsp3) is 0.304. The van der Waals surface area contributed by atoms with E-state index < -0.39 is 5.97 Å².